The maximum absolute atomic E-state index is 10.5. The van der Waals surface area contributed by atoms with Gasteiger partial charge in [0.05, 0.1) is 6.10 Å². The van der Waals surface area contributed by atoms with Gasteiger partial charge in [0.2, 0.25) is 0 Å². The molecule has 0 radical (unpaired) electrons. The highest BCUT2D eigenvalue weighted by Gasteiger charge is 2.34. The average molecular weight is 260 g/mol. The Balaban J connectivity index is 1.65. The van der Waals surface area contributed by atoms with E-state index in [2.05, 4.69) is 16.7 Å². The summed E-state index contributed by atoms with van der Waals surface area (Å²) in [5.74, 6) is 0. The van der Waals surface area contributed by atoms with Crippen molar-refractivity contribution in [1.29, 1.82) is 0 Å². The first kappa shape index (κ1) is 13.1. The average Bonchev–Trinajstić information content (AvgIpc) is 2.94. The third-order valence-electron chi connectivity index (χ3n) is 4.79. The zero-order chi connectivity index (χ0) is 13.2. The molecule has 3 unspecified atom stereocenters. The normalized spacial score (nSPS) is 28.0. The highest BCUT2D eigenvalue weighted by atomic mass is 16.3. The fourth-order valence-corrected chi connectivity index (χ4v) is 3.51. The van der Waals surface area contributed by atoms with Gasteiger partial charge in [-0.1, -0.05) is 30.3 Å². The second-order valence-electron chi connectivity index (χ2n) is 5.92. The van der Waals surface area contributed by atoms with Gasteiger partial charge < -0.3 is 5.11 Å². The van der Waals surface area contributed by atoms with E-state index in [-0.39, 0.29) is 12.1 Å². The summed E-state index contributed by atoms with van der Waals surface area (Å²) in [6, 6.07) is 11.0. The molecule has 1 N–H and O–H groups in total. The number of piperazine rings is 1. The van der Waals surface area contributed by atoms with E-state index in [0.717, 1.165) is 31.2 Å². The molecule has 3 nitrogen and oxygen atoms in total. The number of hydrogen-bond donors (Lipinski definition) is 1. The Morgan fingerprint density at radius 2 is 1.95 bits per heavy atom. The third-order valence-corrected chi connectivity index (χ3v) is 4.79. The number of nitrogens with zero attached hydrogens (tertiary/aromatic N) is 2. The van der Waals surface area contributed by atoms with Gasteiger partial charge in [0, 0.05) is 31.7 Å². The van der Waals surface area contributed by atoms with Crippen molar-refractivity contribution >= 4 is 0 Å². The zero-order valence-electron chi connectivity index (χ0n) is 11.7. The van der Waals surface area contributed by atoms with Gasteiger partial charge in [-0.2, -0.15) is 0 Å². The van der Waals surface area contributed by atoms with Crippen molar-refractivity contribution in [3.8, 4) is 0 Å². The molecule has 0 aromatic heterocycles. The van der Waals surface area contributed by atoms with Crippen LogP contribution in [-0.2, 0) is 0 Å². The molecule has 2 saturated heterocycles. The smallest absolute Gasteiger partial charge is 0.0942 e. The first-order chi connectivity index (χ1) is 9.25. The van der Waals surface area contributed by atoms with Gasteiger partial charge in [-0.05, 0) is 31.9 Å². The van der Waals surface area contributed by atoms with Crippen LogP contribution in [0.5, 0.6) is 0 Å². The number of benzene rings is 1. The monoisotopic (exact) mass is 260 g/mol. The van der Waals surface area contributed by atoms with Crippen molar-refractivity contribution in [2.45, 2.75) is 38.0 Å². The fourth-order valence-electron chi connectivity index (χ4n) is 3.51. The topological polar surface area (TPSA) is 26.7 Å². The van der Waals surface area contributed by atoms with Crippen LogP contribution in [0.1, 0.15) is 31.4 Å². The zero-order valence-corrected chi connectivity index (χ0v) is 11.7. The minimum Gasteiger partial charge on any atom is -0.387 e. The number of fused-ring (bicyclic) bond motifs is 1. The summed E-state index contributed by atoms with van der Waals surface area (Å²) in [7, 11) is 0. The molecule has 0 amide bonds. The summed E-state index contributed by atoms with van der Waals surface area (Å²) < 4.78 is 0. The van der Waals surface area contributed by atoms with Crippen molar-refractivity contribution in [1.82, 2.24) is 9.80 Å². The summed E-state index contributed by atoms with van der Waals surface area (Å²) in [6.07, 6.45) is 2.29. The standard InChI is InChI=1S/C16H24N2O/c1-13(16(19)14-6-3-2-4-7-14)18-11-10-17-9-5-8-15(17)12-18/h2-4,6-7,13,15-16,19H,5,8-12H2,1H3. The van der Waals surface area contributed by atoms with Crippen LogP contribution in [-0.4, -0.2) is 53.2 Å². The van der Waals surface area contributed by atoms with Crippen LogP contribution >= 0.6 is 0 Å². The maximum atomic E-state index is 10.5. The van der Waals surface area contributed by atoms with E-state index in [9.17, 15) is 5.11 Å². The molecule has 2 fully saturated rings. The van der Waals surface area contributed by atoms with Crippen molar-refractivity contribution < 1.29 is 5.11 Å². The molecule has 0 spiro atoms. The van der Waals surface area contributed by atoms with Crippen LogP contribution in [0.25, 0.3) is 0 Å². The van der Waals surface area contributed by atoms with E-state index in [1.165, 1.54) is 19.4 Å². The molecule has 1 aromatic carbocycles. The molecule has 3 atom stereocenters. The lowest BCUT2D eigenvalue weighted by Gasteiger charge is -2.42. The van der Waals surface area contributed by atoms with E-state index in [0.29, 0.717) is 0 Å². The Morgan fingerprint density at radius 1 is 1.16 bits per heavy atom. The third kappa shape index (κ3) is 2.69. The first-order valence-corrected chi connectivity index (χ1v) is 7.47. The minimum absolute atomic E-state index is 0.199. The molecule has 0 saturated carbocycles. The highest BCUT2D eigenvalue weighted by molar-refractivity contribution is 5.18. The van der Waals surface area contributed by atoms with Crippen molar-refractivity contribution in [3.63, 3.8) is 0 Å². The van der Waals surface area contributed by atoms with Crippen molar-refractivity contribution in [2.24, 2.45) is 0 Å². The molecule has 19 heavy (non-hydrogen) atoms. The maximum Gasteiger partial charge on any atom is 0.0942 e. The van der Waals surface area contributed by atoms with Gasteiger partial charge in [0.1, 0.15) is 0 Å². The summed E-state index contributed by atoms with van der Waals surface area (Å²) in [5, 5.41) is 10.5. The van der Waals surface area contributed by atoms with Gasteiger partial charge >= 0.3 is 0 Å². The summed E-state index contributed by atoms with van der Waals surface area (Å²) in [5.41, 5.74) is 1.03. The lowest BCUT2D eigenvalue weighted by molar-refractivity contribution is 0.0135. The largest absolute Gasteiger partial charge is 0.387 e. The molecule has 2 aliphatic heterocycles. The molecular weight excluding hydrogens is 236 g/mol. The van der Waals surface area contributed by atoms with E-state index < -0.39 is 0 Å². The lowest BCUT2D eigenvalue weighted by atomic mass is 10.0. The summed E-state index contributed by atoms with van der Waals surface area (Å²) in [4.78, 5) is 5.07. The predicted molar refractivity (Wildman–Crippen MR) is 77.0 cm³/mol. The molecular formula is C16H24N2O. The number of rotatable bonds is 3. The molecule has 3 rings (SSSR count). The molecule has 104 valence electrons. The summed E-state index contributed by atoms with van der Waals surface area (Å²) in [6.45, 7) is 6.79. The predicted octanol–water partition coefficient (Wildman–Crippen LogP) is 1.89. The minimum atomic E-state index is -0.380. The summed E-state index contributed by atoms with van der Waals surface area (Å²) >= 11 is 0. The molecule has 0 bridgehead atoms. The van der Waals surface area contributed by atoms with Gasteiger partial charge in [0.25, 0.3) is 0 Å². The second kappa shape index (κ2) is 5.61. The molecule has 0 aliphatic carbocycles. The van der Waals surface area contributed by atoms with Crippen LogP contribution in [0.4, 0.5) is 0 Å². The van der Waals surface area contributed by atoms with Gasteiger partial charge in [0.15, 0.2) is 0 Å². The quantitative estimate of drug-likeness (QED) is 0.899. The fraction of sp³-hybridized carbons (Fsp3) is 0.625. The van der Waals surface area contributed by atoms with Crippen LogP contribution in [0.3, 0.4) is 0 Å². The SMILES string of the molecule is CC(C(O)c1ccccc1)N1CCN2CCCC2C1. The number of aliphatic hydroxyl groups is 1. The Kier molecular flexibility index (Phi) is 3.87. The molecule has 3 heteroatoms. The Labute approximate surface area is 115 Å². The molecule has 1 aromatic rings. The van der Waals surface area contributed by atoms with E-state index in [4.69, 9.17) is 0 Å². The van der Waals surface area contributed by atoms with Gasteiger partial charge in [-0.25, -0.2) is 0 Å². The Bertz CT molecular complexity index is 408. The Morgan fingerprint density at radius 3 is 2.74 bits per heavy atom. The highest BCUT2D eigenvalue weighted by Crippen LogP contribution is 2.26. The van der Waals surface area contributed by atoms with Crippen molar-refractivity contribution in [2.75, 3.05) is 26.2 Å². The van der Waals surface area contributed by atoms with E-state index >= 15 is 0 Å². The first-order valence-electron chi connectivity index (χ1n) is 7.47. The number of aliphatic hydroxyl groups excluding tert-OH is 1. The Hall–Kier alpha value is -0.900. The molecule has 2 aliphatic rings. The molecule has 2 heterocycles. The van der Waals surface area contributed by atoms with Crippen LogP contribution in [0, 0.1) is 0 Å². The van der Waals surface area contributed by atoms with Crippen LogP contribution < -0.4 is 0 Å². The van der Waals surface area contributed by atoms with Crippen molar-refractivity contribution in [3.05, 3.63) is 35.9 Å². The number of hydrogen-bond acceptors (Lipinski definition) is 3. The van der Waals surface area contributed by atoms with E-state index in [1.54, 1.807) is 0 Å². The van der Waals surface area contributed by atoms with E-state index in [1.807, 2.05) is 30.3 Å². The van der Waals surface area contributed by atoms with Gasteiger partial charge in [-0.15, -0.1) is 0 Å². The second-order valence-corrected chi connectivity index (χ2v) is 5.92. The lowest BCUT2D eigenvalue weighted by Crippen LogP contribution is -2.53. The van der Waals surface area contributed by atoms with Crippen LogP contribution in [0.15, 0.2) is 30.3 Å². The van der Waals surface area contributed by atoms with Crippen LogP contribution in [0.2, 0.25) is 0 Å². The van der Waals surface area contributed by atoms with Gasteiger partial charge in [-0.3, -0.25) is 9.80 Å².